The molecule has 0 amide bonds. The zero-order valence-corrected chi connectivity index (χ0v) is 19.8. The third-order valence-electron chi connectivity index (χ3n) is 5.81. The number of rotatable bonds is 6. The highest BCUT2D eigenvalue weighted by molar-refractivity contribution is 9.09. The second-order valence-electron chi connectivity index (χ2n) is 7.58. The maximum atomic E-state index is 12.4. The third-order valence-corrected chi connectivity index (χ3v) is 6.37. The number of benzene rings is 1. The quantitative estimate of drug-likeness (QED) is 0.352. The van der Waals surface area contributed by atoms with Gasteiger partial charge in [-0.05, 0) is 19.0 Å². The van der Waals surface area contributed by atoms with Crippen molar-refractivity contribution in [2.24, 2.45) is 0 Å². The fourth-order valence-corrected chi connectivity index (χ4v) is 4.74. The molecule has 1 aromatic carbocycles. The van der Waals surface area contributed by atoms with Gasteiger partial charge in [0, 0.05) is 30.3 Å². The van der Waals surface area contributed by atoms with Crippen molar-refractivity contribution < 1.29 is 19.4 Å². The van der Waals surface area contributed by atoms with E-state index in [2.05, 4.69) is 34.8 Å². The highest BCUT2D eigenvalue weighted by Gasteiger charge is 2.62. The number of carbonyl (C=O) groups is 1. The van der Waals surface area contributed by atoms with E-state index in [1.807, 2.05) is 30.3 Å². The minimum Gasteiger partial charge on any atom is -0.462 e. The van der Waals surface area contributed by atoms with Gasteiger partial charge in [0.05, 0.1) is 6.61 Å². The summed E-state index contributed by atoms with van der Waals surface area (Å²) in [5.41, 5.74) is 0.803. The number of hydrogen-bond acceptors (Lipinski definition) is 5. The summed E-state index contributed by atoms with van der Waals surface area (Å²) >= 11 is 3.31. The number of hydrogen-bond donors (Lipinski definition) is 1. The number of nitrogens with zero attached hydrogens (tertiary/aromatic N) is 1. The van der Waals surface area contributed by atoms with E-state index in [1.54, 1.807) is 0 Å². The van der Waals surface area contributed by atoms with Gasteiger partial charge in [-0.1, -0.05) is 59.6 Å². The van der Waals surface area contributed by atoms with Gasteiger partial charge in [-0.25, -0.2) is 0 Å². The van der Waals surface area contributed by atoms with Crippen molar-refractivity contribution in [1.29, 1.82) is 0 Å². The molecular weight excluding hydrogens is 490 g/mol. The fraction of sp³-hybridized carbons (Fsp3) is 0.667. The monoisotopic (exact) mass is 519 g/mol. The number of unbranched alkanes of at least 4 members (excludes halogenated alkanes) is 1. The van der Waals surface area contributed by atoms with Crippen LogP contribution in [0.5, 0.6) is 0 Å². The molecule has 1 aromatic rings. The molecule has 3 aliphatic rings. The van der Waals surface area contributed by atoms with E-state index in [4.69, 9.17) is 9.47 Å². The van der Waals surface area contributed by atoms with Gasteiger partial charge in [0.1, 0.15) is 24.2 Å². The molecule has 0 aromatic heterocycles. The first-order chi connectivity index (χ1) is 13.1. The Bertz CT molecular complexity index is 598. The van der Waals surface area contributed by atoms with Gasteiger partial charge in [0.15, 0.2) is 0 Å². The van der Waals surface area contributed by atoms with Gasteiger partial charge >= 0.3 is 5.97 Å². The number of epoxide rings is 1. The number of alkyl halides is 1. The number of aliphatic hydroxyl groups excluding tert-OH is 1. The van der Waals surface area contributed by atoms with Crippen molar-refractivity contribution in [1.82, 2.24) is 4.90 Å². The minimum absolute atomic E-state index is 0. The number of likely N-dealkylation sites (N-methyl/N-ethyl adjacent to an activating group) is 1. The lowest BCUT2D eigenvalue weighted by Gasteiger charge is -2.38. The Morgan fingerprint density at radius 2 is 1.89 bits per heavy atom. The van der Waals surface area contributed by atoms with Gasteiger partial charge in [-0.3, -0.25) is 9.69 Å². The largest absolute Gasteiger partial charge is 0.462 e. The van der Waals surface area contributed by atoms with Gasteiger partial charge < -0.3 is 14.6 Å². The molecule has 2 bridgehead atoms. The van der Waals surface area contributed by atoms with E-state index in [9.17, 15) is 9.90 Å². The Kier molecular flexibility index (Phi) is 9.41. The molecule has 5 unspecified atom stereocenters. The van der Waals surface area contributed by atoms with Crippen LogP contribution >= 0.6 is 32.9 Å². The first kappa shape index (κ1) is 23.8. The van der Waals surface area contributed by atoms with Crippen LogP contribution in [0.1, 0.15) is 44.1 Å². The van der Waals surface area contributed by atoms with Crippen molar-refractivity contribution in [3.8, 4) is 0 Å². The van der Waals surface area contributed by atoms with Crippen molar-refractivity contribution in [2.45, 2.75) is 68.9 Å². The summed E-state index contributed by atoms with van der Waals surface area (Å²) in [4.78, 5) is 14.8. The number of piperidine rings is 1. The Morgan fingerprint density at radius 3 is 2.36 bits per heavy atom. The Hall–Kier alpha value is -0.470. The average Bonchev–Trinajstić information content (AvgIpc) is 3.43. The average molecular weight is 521 g/mol. The third kappa shape index (κ3) is 5.36. The molecule has 1 N–H and O–H groups in total. The molecule has 5 nitrogen and oxygen atoms in total. The van der Waals surface area contributed by atoms with Crippen molar-refractivity contribution in [2.75, 3.05) is 19.0 Å². The van der Waals surface area contributed by atoms with Crippen LogP contribution in [0.25, 0.3) is 0 Å². The molecule has 0 radical (unpaired) electrons. The summed E-state index contributed by atoms with van der Waals surface area (Å²) in [6, 6.07) is 10.1. The lowest BCUT2D eigenvalue weighted by molar-refractivity contribution is -0.156. The summed E-state index contributed by atoms with van der Waals surface area (Å²) in [5, 5.41) is 10.7. The molecule has 0 spiro atoms. The topological polar surface area (TPSA) is 62.3 Å². The second-order valence-corrected chi connectivity index (χ2v) is 8.38. The predicted octanol–water partition coefficient (Wildman–Crippen LogP) is 3.68. The van der Waals surface area contributed by atoms with Crippen LogP contribution < -0.4 is 0 Å². The van der Waals surface area contributed by atoms with Gasteiger partial charge in [0.2, 0.25) is 0 Å². The fourth-order valence-electron chi connectivity index (χ4n) is 4.18. The number of carbonyl (C=O) groups excluding carboxylic acids is 1. The summed E-state index contributed by atoms with van der Waals surface area (Å²) < 4.78 is 11.4. The number of esters is 1. The maximum absolute atomic E-state index is 12.4. The zero-order chi connectivity index (χ0) is 19.4. The van der Waals surface area contributed by atoms with Crippen molar-refractivity contribution in [3.63, 3.8) is 0 Å². The first-order valence-corrected chi connectivity index (χ1v) is 11.0. The van der Waals surface area contributed by atoms with Crippen LogP contribution in [-0.4, -0.2) is 65.4 Å². The van der Waals surface area contributed by atoms with E-state index in [0.29, 0.717) is 24.3 Å². The van der Waals surface area contributed by atoms with Gasteiger partial charge in [-0.15, -0.1) is 17.0 Å². The molecular formula is C21H31Br2NO4. The molecule has 28 heavy (non-hydrogen) atoms. The van der Waals surface area contributed by atoms with E-state index < -0.39 is 5.92 Å². The molecule has 7 heteroatoms. The highest BCUT2D eigenvalue weighted by Crippen LogP contribution is 2.48. The van der Waals surface area contributed by atoms with Crippen molar-refractivity contribution >= 4 is 38.9 Å². The molecule has 0 aliphatic carbocycles. The molecule has 4 rings (SSSR count). The predicted molar refractivity (Wildman–Crippen MR) is 118 cm³/mol. The lowest BCUT2D eigenvalue weighted by atomic mass is 9.97. The van der Waals surface area contributed by atoms with Crippen LogP contribution in [0.4, 0.5) is 0 Å². The zero-order valence-electron chi connectivity index (χ0n) is 16.5. The molecule has 3 aliphatic heterocycles. The Labute approximate surface area is 186 Å². The maximum Gasteiger partial charge on any atom is 0.316 e. The lowest BCUT2D eigenvalue weighted by Crippen LogP contribution is -2.48. The number of halogens is 2. The van der Waals surface area contributed by atoms with E-state index in [1.165, 1.54) is 12.8 Å². The number of fused-ring (bicyclic) bond motifs is 5. The van der Waals surface area contributed by atoms with Gasteiger partial charge in [0.25, 0.3) is 0 Å². The summed E-state index contributed by atoms with van der Waals surface area (Å²) in [6.45, 7) is 1.96. The molecule has 3 fully saturated rings. The number of aliphatic hydroxyl groups is 1. The van der Waals surface area contributed by atoms with Crippen LogP contribution in [0.2, 0.25) is 0 Å². The van der Waals surface area contributed by atoms with Crippen molar-refractivity contribution in [3.05, 3.63) is 35.9 Å². The highest BCUT2D eigenvalue weighted by atomic mass is 79.9. The normalized spacial score (nSPS) is 30.9. The van der Waals surface area contributed by atoms with E-state index >= 15 is 0 Å². The second kappa shape index (κ2) is 11.1. The Morgan fingerprint density at radius 1 is 1.29 bits per heavy atom. The molecule has 3 heterocycles. The summed E-state index contributed by atoms with van der Waals surface area (Å²) in [5.74, 6) is -0.915. The summed E-state index contributed by atoms with van der Waals surface area (Å²) in [6.07, 6.45) is 4.86. The first-order valence-electron chi connectivity index (χ1n) is 9.90. The van der Waals surface area contributed by atoms with Crippen LogP contribution in [-0.2, 0) is 14.3 Å². The smallest absolute Gasteiger partial charge is 0.316 e. The van der Waals surface area contributed by atoms with Crippen LogP contribution in [0, 0.1) is 0 Å². The SMILES string of the molecule is Br.CCCCBr.CN1C2CC(OC(=O)C(CO)c3ccccc3)CC1C1OC12. The van der Waals surface area contributed by atoms with E-state index in [0.717, 1.165) is 23.7 Å². The number of ether oxygens (including phenoxy) is 2. The minimum atomic E-state index is -0.593. The molecule has 158 valence electrons. The van der Waals surface area contributed by atoms with Gasteiger partial charge in [-0.2, -0.15) is 0 Å². The van der Waals surface area contributed by atoms with Crippen LogP contribution in [0.3, 0.4) is 0 Å². The van der Waals surface area contributed by atoms with Crippen LogP contribution in [0.15, 0.2) is 30.3 Å². The Balaban J connectivity index is 0.000000420. The molecule has 3 saturated heterocycles. The summed E-state index contributed by atoms with van der Waals surface area (Å²) in [7, 11) is 2.13. The standard InChI is InChI=1S/C17H21NO4.C4H9Br.BrH/c1-18-13-7-11(8-14(18)16-15(13)22-16)21-17(20)12(9-19)10-5-3-2-4-6-10;1-2-3-4-5;/h2-6,11-16,19H,7-9H2,1H3;2-4H2,1H3;1H. The number of morpholine rings is 1. The molecule has 0 saturated carbocycles. The molecule has 5 atom stereocenters. The van der Waals surface area contributed by atoms with E-state index in [-0.39, 0.29) is 35.7 Å².